The Hall–Kier alpha value is -2.40. The number of nitro groups is 1. The molecule has 3 rings (SSSR count). The first kappa shape index (κ1) is 18.4. The molecular formula is C21H26N2O3. The molecule has 1 heterocycles. The molecule has 0 unspecified atom stereocenters. The fourth-order valence-corrected chi connectivity index (χ4v) is 3.57. The molecule has 0 saturated carbocycles. The van der Waals surface area contributed by atoms with E-state index in [0.717, 1.165) is 32.5 Å². The summed E-state index contributed by atoms with van der Waals surface area (Å²) < 4.78 is 6.47. The monoisotopic (exact) mass is 354 g/mol. The van der Waals surface area contributed by atoms with E-state index in [1.165, 1.54) is 30.5 Å². The highest BCUT2D eigenvalue weighted by Gasteiger charge is 2.38. The van der Waals surface area contributed by atoms with Crippen LogP contribution in [0.2, 0.25) is 0 Å². The molecular weight excluding hydrogens is 328 g/mol. The number of unbranched alkanes of at least 4 members (excludes halogenated alkanes) is 1. The van der Waals surface area contributed by atoms with Gasteiger partial charge in [0.1, 0.15) is 11.4 Å². The van der Waals surface area contributed by atoms with Gasteiger partial charge < -0.3 is 9.64 Å². The number of ether oxygens (including phenoxy) is 1. The molecule has 1 aliphatic heterocycles. The summed E-state index contributed by atoms with van der Waals surface area (Å²) >= 11 is 0. The minimum Gasteiger partial charge on any atom is -0.482 e. The Labute approximate surface area is 154 Å². The van der Waals surface area contributed by atoms with Gasteiger partial charge >= 0.3 is 0 Å². The molecule has 2 aromatic carbocycles. The van der Waals surface area contributed by atoms with Crippen molar-refractivity contribution < 1.29 is 9.66 Å². The lowest BCUT2D eigenvalue weighted by molar-refractivity contribution is -0.384. The van der Waals surface area contributed by atoms with E-state index in [1.807, 2.05) is 18.2 Å². The predicted molar refractivity (Wildman–Crippen MR) is 102 cm³/mol. The molecule has 0 radical (unpaired) electrons. The summed E-state index contributed by atoms with van der Waals surface area (Å²) in [6, 6.07) is 16.7. The Morgan fingerprint density at radius 2 is 1.73 bits per heavy atom. The van der Waals surface area contributed by atoms with Crippen molar-refractivity contribution in [2.24, 2.45) is 0 Å². The number of piperidine rings is 1. The molecule has 5 heteroatoms. The van der Waals surface area contributed by atoms with Crippen molar-refractivity contribution in [3.05, 3.63) is 70.3 Å². The number of hydrogen-bond acceptors (Lipinski definition) is 4. The van der Waals surface area contributed by atoms with Crippen molar-refractivity contribution in [1.29, 1.82) is 0 Å². The van der Waals surface area contributed by atoms with Crippen LogP contribution in [-0.4, -0.2) is 29.5 Å². The normalized spacial score (nSPS) is 17.0. The third kappa shape index (κ3) is 4.22. The third-order valence-electron chi connectivity index (χ3n) is 5.15. The van der Waals surface area contributed by atoms with Gasteiger partial charge in [-0.15, -0.1) is 0 Å². The molecule has 0 N–H and O–H groups in total. The number of rotatable bonds is 7. The van der Waals surface area contributed by atoms with Crippen LogP contribution in [0.15, 0.2) is 54.6 Å². The molecule has 2 aromatic rings. The third-order valence-corrected chi connectivity index (χ3v) is 5.15. The van der Waals surface area contributed by atoms with E-state index in [4.69, 9.17) is 4.74 Å². The summed E-state index contributed by atoms with van der Waals surface area (Å²) in [4.78, 5) is 13.0. The molecule has 138 valence electrons. The van der Waals surface area contributed by atoms with Crippen molar-refractivity contribution in [1.82, 2.24) is 4.90 Å². The van der Waals surface area contributed by atoms with Gasteiger partial charge in [0, 0.05) is 38.1 Å². The molecule has 1 aliphatic rings. The van der Waals surface area contributed by atoms with Crippen molar-refractivity contribution in [2.75, 3.05) is 19.6 Å². The van der Waals surface area contributed by atoms with Crippen LogP contribution >= 0.6 is 0 Å². The number of benzene rings is 2. The van der Waals surface area contributed by atoms with E-state index in [-0.39, 0.29) is 16.2 Å². The van der Waals surface area contributed by atoms with E-state index in [9.17, 15) is 10.1 Å². The van der Waals surface area contributed by atoms with Crippen LogP contribution in [0.4, 0.5) is 5.69 Å². The molecule has 1 fully saturated rings. The van der Waals surface area contributed by atoms with Gasteiger partial charge in [-0.05, 0) is 30.7 Å². The lowest BCUT2D eigenvalue weighted by Gasteiger charge is -2.42. The maximum absolute atomic E-state index is 10.9. The Bertz CT molecular complexity index is 708. The number of likely N-dealkylation sites (tertiary alicyclic amines) is 1. The highest BCUT2D eigenvalue weighted by Crippen LogP contribution is 2.38. The Balaban J connectivity index is 1.80. The topological polar surface area (TPSA) is 55.6 Å². The maximum atomic E-state index is 10.9. The van der Waals surface area contributed by atoms with Crippen molar-refractivity contribution in [3.63, 3.8) is 0 Å². The first-order chi connectivity index (χ1) is 12.6. The fraction of sp³-hybridized carbons (Fsp3) is 0.429. The Morgan fingerprint density at radius 3 is 2.31 bits per heavy atom. The van der Waals surface area contributed by atoms with Gasteiger partial charge in [-0.1, -0.05) is 43.7 Å². The van der Waals surface area contributed by atoms with Crippen LogP contribution in [0, 0.1) is 10.1 Å². The van der Waals surface area contributed by atoms with Gasteiger partial charge in [0.15, 0.2) is 0 Å². The van der Waals surface area contributed by atoms with Crippen LogP contribution in [0.5, 0.6) is 5.75 Å². The summed E-state index contributed by atoms with van der Waals surface area (Å²) in [5.41, 5.74) is 0.883. The maximum Gasteiger partial charge on any atom is 0.269 e. The highest BCUT2D eigenvalue weighted by molar-refractivity contribution is 5.37. The first-order valence-corrected chi connectivity index (χ1v) is 9.34. The van der Waals surface area contributed by atoms with Crippen LogP contribution in [-0.2, 0) is 5.60 Å². The summed E-state index contributed by atoms with van der Waals surface area (Å²) in [5.74, 6) is 0.682. The van der Waals surface area contributed by atoms with Crippen molar-refractivity contribution in [3.8, 4) is 5.75 Å². The van der Waals surface area contributed by atoms with E-state index < -0.39 is 0 Å². The first-order valence-electron chi connectivity index (χ1n) is 9.34. The molecule has 1 saturated heterocycles. The molecule has 26 heavy (non-hydrogen) atoms. The minimum absolute atomic E-state index is 0.0838. The van der Waals surface area contributed by atoms with Gasteiger partial charge in [0.2, 0.25) is 0 Å². The minimum atomic E-state index is -0.386. The average Bonchev–Trinajstić information content (AvgIpc) is 2.68. The molecule has 0 amide bonds. The van der Waals surface area contributed by atoms with E-state index in [0.29, 0.717) is 5.75 Å². The van der Waals surface area contributed by atoms with E-state index in [1.54, 1.807) is 12.1 Å². The van der Waals surface area contributed by atoms with Gasteiger partial charge in [0.25, 0.3) is 5.69 Å². The number of nitro benzene ring substituents is 1. The molecule has 0 spiro atoms. The van der Waals surface area contributed by atoms with Gasteiger partial charge in [-0.2, -0.15) is 0 Å². The summed E-state index contributed by atoms with van der Waals surface area (Å²) in [7, 11) is 0. The van der Waals surface area contributed by atoms with Crippen LogP contribution < -0.4 is 4.74 Å². The molecule has 0 aromatic heterocycles. The second-order valence-corrected chi connectivity index (χ2v) is 6.91. The van der Waals surface area contributed by atoms with Crippen LogP contribution in [0.25, 0.3) is 0 Å². The Morgan fingerprint density at radius 1 is 1.08 bits per heavy atom. The molecule has 0 bridgehead atoms. The fourth-order valence-electron chi connectivity index (χ4n) is 3.57. The summed E-state index contributed by atoms with van der Waals surface area (Å²) in [6.07, 6.45) is 4.26. The standard InChI is InChI=1S/C21H26N2O3/c1-2-3-15-22-16-13-21(14-17-22,18-7-5-4-6-8-18)26-20-11-9-19(10-12-20)23(24)25/h4-12H,2-3,13-17H2,1H3. The summed E-state index contributed by atoms with van der Waals surface area (Å²) in [5, 5.41) is 10.9. The van der Waals surface area contributed by atoms with Gasteiger partial charge in [-0.25, -0.2) is 0 Å². The number of nitrogens with zero attached hydrogens (tertiary/aromatic N) is 2. The zero-order chi connectivity index (χ0) is 18.4. The molecule has 0 atom stereocenters. The van der Waals surface area contributed by atoms with Crippen molar-refractivity contribution >= 4 is 5.69 Å². The summed E-state index contributed by atoms with van der Waals surface area (Å²) in [6.45, 7) is 5.36. The zero-order valence-corrected chi connectivity index (χ0v) is 15.3. The quantitative estimate of drug-likeness (QED) is 0.531. The smallest absolute Gasteiger partial charge is 0.269 e. The Kier molecular flexibility index (Phi) is 5.89. The van der Waals surface area contributed by atoms with Gasteiger partial charge in [0.05, 0.1) is 4.92 Å². The lowest BCUT2D eigenvalue weighted by Crippen LogP contribution is -2.46. The SMILES string of the molecule is CCCCN1CCC(Oc2ccc([N+](=O)[O-])cc2)(c2ccccc2)CC1. The predicted octanol–water partition coefficient (Wildman–Crippen LogP) is 4.77. The largest absolute Gasteiger partial charge is 0.482 e. The number of non-ortho nitro benzene ring substituents is 1. The molecule has 5 nitrogen and oxygen atoms in total. The second-order valence-electron chi connectivity index (χ2n) is 6.91. The molecule has 0 aliphatic carbocycles. The zero-order valence-electron chi connectivity index (χ0n) is 15.3. The highest BCUT2D eigenvalue weighted by atomic mass is 16.6. The van der Waals surface area contributed by atoms with Crippen LogP contribution in [0.3, 0.4) is 0 Å². The van der Waals surface area contributed by atoms with E-state index >= 15 is 0 Å². The van der Waals surface area contributed by atoms with Crippen molar-refractivity contribution in [2.45, 2.75) is 38.2 Å². The number of hydrogen-bond donors (Lipinski definition) is 0. The average molecular weight is 354 g/mol. The van der Waals surface area contributed by atoms with Crippen LogP contribution in [0.1, 0.15) is 38.2 Å². The lowest BCUT2D eigenvalue weighted by atomic mass is 9.84. The van der Waals surface area contributed by atoms with E-state index in [2.05, 4.69) is 24.0 Å². The second kappa shape index (κ2) is 8.32. The van der Waals surface area contributed by atoms with Gasteiger partial charge in [-0.3, -0.25) is 10.1 Å².